The Kier molecular flexibility index (Phi) is 7.59. The lowest BCUT2D eigenvalue weighted by Gasteiger charge is -2.23. The molecule has 11 nitrogen and oxygen atoms in total. The molecule has 0 aliphatic carbocycles. The van der Waals surface area contributed by atoms with Crippen LogP contribution in [0.2, 0.25) is 0 Å². The van der Waals surface area contributed by atoms with Crippen molar-refractivity contribution in [3.05, 3.63) is 59.7 Å². The van der Waals surface area contributed by atoms with E-state index >= 15 is 0 Å². The Bertz CT molecular complexity index is 1170. The predicted molar refractivity (Wildman–Crippen MR) is 113 cm³/mol. The molecule has 0 heterocycles. The minimum absolute atomic E-state index is 0.0607. The van der Waals surface area contributed by atoms with Gasteiger partial charge in [0.1, 0.15) is 9.79 Å². The average Bonchev–Trinajstić information content (AvgIpc) is 2.73. The van der Waals surface area contributed by atoms with Crippen LogP contribution in [-0.4, -0.2) is 51.7 Å². The maximum Gasteiger partial charge on any atom is 0.339 e. The predicted octanol–water partition coefficient (Wildman–Crippen LogP) is 1.31. The van der Waals surface area contributed by atoms with Gasteiger partial charge >= 0.3 is 11.9 Å². The zero-order valence-electron chi connectivity index (χ0n) is 17.1. The maximum atomic E-state index is 13.3. The van der Waals surface area contributed by atoms with Crippen LogP contribution in [0.3, 0.4) is 0 Å². The van der Waals surface area contributed by atoms with Gasteiger partial charge in [-0.15, -0.1) is 3.71 Å². The van der Waals surface area contributed by atoms with Gasteiger partial charge in [0.05, 0.1) is 24.3 Å². The SMILES string of the molecule is CCOC(=O)c1ccccc1S(=O)(=O)N(C(=N)N)S(=O)(=O)c1ccccc1C(=O)OCC. The van der Waals surface area contributed by atoms with E-state index in [4.69, 9.17) is 20.6 Å². The van der Waals surface area contributed by atoms with Crippen molar-refractivity contribution in [1.29, 1.82) is 5.41 Å². The van der Waals surface area contributed by atoms with Gasteiger partial charge in [-0.1, -0.05) is 24.3 Å². The van der Waals surface area contributed by atoms with Crippen LogP contribution >= 0.6 is 0 Å². The fraction of sp³-hybridized carbons (Fsp3) is 0.211. The summed E-state index contributed by atoms with van der Waals surface area (Å²) in [7, 11) is -10.2. The van der Waals surface area contributed by atoms with Crippen molar-refractivity contribution in [2.45, 2.75) is 23.6 Å². The summed E-state index contributed by atoms with van der Waals surface area (Å²) in [6.45, 7) is 2.89. The van der Waals surface area contributed by atoms with E-state index in [0.717, 1.165) is 24.3 Å². The van der Waals surface area contributed by atoms with E-state index in [1.165, 1.54) is 38.1 Å². The standard InChI is InChI=1S/C19H21N3O8S2/c1-3-29-17(23)13-9-5-7-11-15(13)31(25,26)22(19(20)21)32(27,28)16-12-8-6-10-14(16)18(24)30-4-2/h5-12H,3-4H2,1-2H3,(H3,20,21). The van der Waals surface area contributed by atoms with Crippen LogP contribution in [0.5, 0.6) is 0 Å². The maximum absolute atomic E-state index is 13.3. The summed E-state index contributed by atoms with van der Waals surface area (Å²) in [4.78, 5) is 23.0. The summed E-state index contributed by atoms with van der Waals surface area (Å²) < 4.78 is 62.6. The molecule has 2 aromatic carbocycles. The van der Waals surface area contributed by atoms with E-state index in [9.17, 15) is 26.4 Å². The molecule has 32 heavy (non-hydrogen) atoms. The fourth-order valence-corrected chi connectivity index (χ4v) is 6.46. The number of nitrogens with one attached hydrogen (secondary N) is 1. The number of guanidine groups is 1. The second-order valence-corrected chi connectivity index (χ2v) is 9.77. The van der Waals surface area contributed by atoms with Gasteiger partial charge in [-0.25, -0.2) is 9.59 Å². The molecule has 0 saturated carbocycles. The highest BCUT2D eigenvalue weighted by Crippen LogP contribution is 2.28. The van der Waals surface area contributed by atoms with Crippen LogP contribution in [0.4, 0.5) is 0 Å². The minimum atomic E-state index is -5.11. The van der Waals surface area contributed by atoms with E-state index in [1.54, 1.807) is 0 Å². The van der Waals surface area contributed by atoms with Gasteiger partial charge in [-0.3, -0.25) is 5.41 Å². The molecule has 2 rings (SSSR count). The van der Waals surface area contributed by atoms with Crippen molar-refractivity contribution in [3.8, 4) is 0 Å². The lowest BCUT2D eigenvalue weighted by molar-refractivity contribution is 0.0512. The number of sulfonamides is 2. The van der Waals surface area contributed by atoms with Crippen molar-refractivity contribution < 1.29 is 35.9 Å². The third kappa shape index (κ3) is 4.73. The molecule has 0 atom stereocenters. The van der Waals surface area contributed by atoms with Crippen LogP contribution in [-0.2, 0) is 29.5 Å². The molecule has 0 amide bonds. The zero-order valence-corrected chi connectivity index (χ0v) is 18.8. The van der Waals surface area contributed by atoms with Crippen LogP contribution in [0.1, 0.15) is 34.6 Å². The van der Waals surface area contributed by atoms with Gasteiger partial charge in [-0.2, -0.15) is 16.8 Å². The summed E-state index contributed by atoms with van der Waals surface area (Å²) >= 11 is 0. The Morgan fingerprint density at radius 1 is 0.812 bits per heavy atom. The number of ether oxygens (including phenoxy) is 2. The molecule has 0 radical (unpaired) electrons. The van der Waals surface area contributed by atoms with Crippen LogP contribution in [0, 0.1) is 5.41 Å². The Labute approximate surface area is 185 Å². The molecule has 172 valence electrons. The Hall–Kier alpha value is -3.45. The molecule has 13 heteroatoms. The number of rotatable bonds is 8. The number of benzene rings is 2. The van der Waals surface area contributed by atoms with Crippen molar-refractivity contribution in [1.82, 2.24) is 3.71 Å². The molecule has 0 spiro atoms. The average molecular weight is 484 g/mol. The molecule has 0 unspecified atom stereocenters. The van der Waals surface area contributed by atoms with Crippen LogP contribution in [0.25, 0.3) is 0 Å². The smallest absolute Gasteiger partial charge is 0.339 e. The molecule has 0 saturated heterocycles. The highest BCUT2D eigenvalue weighted by molar-refractivity contribution is 8.05. The fourth-order valence-electron chi connectivity index (χ4n) is 2.70. The summed E-state index contributed by atoms with van der Waals surface area (Å²) in [5.41, 5.74) is 4.47. The van der Waals surface area contributed by atoms with E-state index in [-0.39, 0.29) is 16.9 Å². The second kappa shape index (κ2) is 9.78. The third-order valence-corrected chi connectivity index (χ3v) is 8.22. The van der Waals surface area contributed by atoms with Crippen LogP contribution < -0.4 is 5.73 Å². The molecular formula is C19H21N3O8S2. The van der Waals surface area contributed by atoms with Crippen molar-refractivity contribution in [2.75, 3.05) is 13.2 Å². The molecule has 0 bridgehead atoms. The van der Waals surface area contributed by atoms with Crippen molar-refractivity contribution in [2.24, 2.45) is 5.73 Å². The topological polar surface area (TPSA) is 174 Å². The largest absolute Gasteiger partial charge is 0.462 e. The monoisotopic (exact) mass is 483 g/mol. The van der Waals surface area contributed by atoms with Gasteiger partial charge in [0.15, 0.2) is 0 Å². The lowest BCUT2D eigenvalue weighted by atomic mass is 10.2. The summed E-state index contributed by atoms with van der Waals surface area (Å²) in [6.07, 6.45) is 0. The van der Waals surface area contributed by atoms with Crippen LogP contribution in [0.15, 0.2) is 58.3 Å². The molecule has 2 aromatic rings. The number of hydrogen-bond donors (Lipinski definition) is 2. The Morgan fingerprint density at radius 3 is 1.47 bits per heavy atom. The van der Waals surface area contributed by atoms with Gasteiger partial charge in [0.2, 0.25) is 5.96 Å². The summed E-state index contributed by atoms with van der Waals surface area (Å²) in [5, 5.41) is 7.69. The second-order valence-electron chi connectivity index (χ2n) is 6.03. The zero-order chi connectivity index (χ0) is 24.1. The van der Waals surface area contributed by atoms with E-state index < -0.39 is 58.9 Å². The Morgan fingerprint density at radius 2 is 1.16 bits per heavy atom. The number of esters is 2. The number of nitrogens with zero attached hydrogens (tertiary/aromatic N) is 1. The van der Waals surface area contributed by atoms with Crippen molar-refractivity contribution in [3.63, 3.8) is 0 Å². The minimum Gasteiger partial charge on any atom is -0.462 e. The molecule has 0 aromatic heterocycles. The number of hydrogen-bond acceptors (Lipinski definition) is 9. The first-order valence-electron chi connectivity index (χ1n) is 9.17. The highest BCUT2D eigenvalue weighted by atomic mass is 32.3. The first-order chi connectivity index (χ1) is 15.0. The molecule has 3 N–H and O–H groups in total. The first kappa shape index (κ1) is 24.8. The van der Waals surface area contributed by atoms with Gasteiger partial charge < -0.3 is 15.2 Å². The quantitative estimate of drug-likeness (QED) is 0.319. The molecule has 0 aliphatic heterocycles. The normalized spacial score (nSPS) is 11.4. The van der Waals surface area contributed by atoms with Crippen molar-refractivity contribution >= 4 is 37.9 Å². The van der Waals surface area contributed by atoms with E-state index in [2.05, 4.69) is 0 Å². The van der Waals surface area contributed by atoms with E-state index in [1.807, 2.05) is 0 Å². The van der Waals surface area contributed by atoms with Gasteiger partial charge in [0, 0.05) is 0 Å². The number of carbonyl (C=O) groups excluding carboxylic acids is 2. The van der Waals surface area contributed by atoms with Gasteiger partial charge in [0.25, 0.3) is 20.0 Å². The molecule has 0 aliphatic rings. The lowest BCUT2D eigenvalue weighted by Crippen LogP contribution is -2.46. The first-order valence-corrected chi connectivity index (χ1v) is 12.0. The third-order valence-electron chi connectivity index (χ3n) is 3.95. The number of carbonyl (C=O) groups is 2. The highest BCUT2D eigenvalue weighted by Gasteiger charge is 2.41. The summed E-state index contributed by atoms with van der Waals surface area (Å²) in [6, 6.07) is 9.43. The summed E-state index contributed by atoms with van der Waals surface area (Å²) in [5.74, 6) is -3.40. The molecular weight excluding hydrogens is 462 g/mol. The van der Waals surface area contributed by atoms with E-state index in [0.29, 0.717) is 0 Å². The number of nitrogens with two attached hydrogens (primary N) is 1. The van der Waals surface area contributed by atoms with Gasteiger partial charge in [-0.05, 0) is 38.1 Å². The Balaban J connectivity index is 2.75. The molecule has 0 fully saturated rings.